The highest BCUT2D eigenvalue weighted by Gasteiger charge is 2.09. The Kier molecular flexibility index (Phi) is 5.07. The zero-order chi connectivity index (χ0) is 13.7. The van der Waals surface area contributed by atoms with Crippen molar-refractivity contribution in [2.24, 2.45) is 0 Å². The number of rotatable bonds is 5. The van der Waals surface area contributed by atoms with Gasteiger partial charge in [0.15, 0.2) is 0 Å². The van der Waals surface area contributed by atoms with Crippen LogP contribution in [0.3, 0.4) is 0 Å². The first-order valence-electron chi connectivity index (χ1n) is 5.91. The molecule has 0 aliphatic heterocycles. The number of hydrogen-bond donors (Lipinski definition) is 2. The molecule has 100 valence electrons. The van der Waals surface area contributed by atoms with E-state index in [0.29, 0.717) is 23.0 Å². The monoisotopic (exact) mass is 294 g/mol. The molecule has 1 aromatic carbocycles. The third-order valence-electron chi connectivity index (χ3n) is 2.64. The van der Waals surface area contributed by atoms with Crippen LogP contribution in [0.2, 0.25) is 5.02 Å². The maximum atomic E-state index is 10.0. The Morgan fingerprint density at radius 2 is 2.00 bits per heavy atom. The lowest BCUT2D eigenvalue weighted by molar-refractivity contribution is 0.200. The summed E-state index contributed by atoms with van der Waals surface area (Å²) >= 11 is 7.41. The molecule has 0 aliphatic carbocycles. The molecule has 0 bridgehead atoms. The van der Waals surface area contributed by atoms with E-state index in [-0.39, 0.29) is 0 Å². The van der Waals surface area contributed by atoms with Crippen LogP contribution in [0.25, 0.3) is 0 Å². The molecule has 0 fully saturated rings. The molecule has 19 heavy (non-hydrogen) atoms. The van der Waals surface area contributed by atoms with Crippen LogP contribution in [0.1, 0.15) is 5.56 Å². The summed E-state index contributed by atoms with van der Waals surface area (Å²) < 4.78 is 0. The largest absolute Gasteiger partial charge is 0.392 e. The fourth-order valence-electron chi connectivity index (χ4n) is 1.66. The van der Waals surface area contributed by atoms with E-state index in [9.17, 15) is 5.11 Å². The normalized spacial score (nSPS) is 12.3. The fraction of sp³-hybridized carbons (Fsp3) is 0.214. The lowest BCUT2D eigenvalue weighted by Crippen LogP contribution is -2.15. The topological polar surface area (TPSA) is 59.1 Å². The summed E-state index contributed by atoms with van der Waals surface area (Å²) in [5, 5.41) is 10.7. The van der Waals surface area contributed by atoms with Gasteiger partial charge >= 0.3 is 0 Å². The van der Waals surface area contributed by atoms with Gasteiger partial charge in [-0.25, -0.2) is 4.98 Å². The van der Waals surface area contributed by atoms with E-state index in [1.54, 1.807) is 18.0 Å². The molecule has 0 saturated carbocycles. The number of aliphatic hydroxyl groups is 1. The summed E-state index contributed by atoms with van der Waals surface area (Å²) in [7, 11) is 0. The molecule has 0 amide bonds. The van der Waals surface area contributed by atoms with E-state index in [1.807, 2.05) is 36.4 Å². The van der Waals surface area contributed by atoms with Crippen molar-refractivity contribution in [3.05, 3.63) is 53.2 Å². The number of nitrogens with two attached hydrogens (primary N) is 1. The third kappa shape index (κ3) is 4.42. The Balaban J connectivity index is 1.86. The number of thioether (sulfide) groups is 1. The quantitative estimate of drug-likeness (QED) is 0.832. The van der Waals surface area contributed by atoms with E-state index >= 15 is 0 Å². The Morgan fingerprint density at radius 1 is 1.26 bits per heavy atom. The summed E-state index contributed by atoms with van der Waals surface area (Å²) in [6.45, 7) is 0. The minimum atomic E-state index is -0.452. The van der Waals surface area contributed by atoms with E-state index in [2.05, 4.69) is 4.98 Å². The minimum absolute atomic E-state index is 0.452. The van der Waals surface area contributed by atoms with Gasteiger partial charge in [0, 0.05) is 28.3 Å². The zero-order valence-corrected chi connectivity index (χ0v) is 11.9. The molecule has 5 heteroatoms. The van der Waals surface area contributed by atoms with E-state index in [0.717, 1.165) is 10.5 Å². The molecule has 1 unspecified atom stereocenters. The molecule has 0 spiro atoms. The molecule has 2 aromatic rings. The molecule has 0 aliphatic rings. The van der Waals surface area contributed by atoms with Gasteiger partial charge in [0.25, 0.3) is 0 Å². The second-order valence-electron chi connectivity index (χ2n) is 4.17. The van der Waals surface area contributed by atoms with Crippen LogP contribution in [-0.2, 0) is 6.42 Å². The lowest BCUT2D eigenvalue weighted by atomic mass is 10.1. The van der Waals surface area contributed by atoms with E-state index < -0.39 is 6.10 Å². The van der Waals surface area contributed by atoms with Crippen LogP contribution < -0.4 is 5.73 Å². The van der Waals surface area contributed by atoms with Crippen LogP contribution in [0.15, 0.2) is 47.5 Å². The standard InChI is InChI=1S/C14H15ClN2OS/c15-11-3-5-13(6-4-11)19-9-12(18)8-10-2-1-7-17-14(10)16/h1-7,12,18H,8-9H2,(H2,16,17). The SMILES string of the molecule is Nc1ncccc1CC(O)CSc1ccc(Cl)cc1. The van der Waals surface area contributed by atoms with E-state index in [4.69, 9.17) is 17.3 Å². The first kappa shape index (κ1) is 14.2. The van der Waals surface area contributed by atoms with Gasteiger partial charge in [-0.2, -0.15) is 0 Å². The Morgan fingerprint density at radius 3 is 2.68 bits per heavy atom. The molecule has 3 nitrogen and oxygen atoms in total. The van der Waals surface area contributed by atoms with Crippen molar-refractivity contribution < 1.29 is 5.11 Å². The maximum absolute atomic E-state index is 10.0. The van der Waals surface area contributed by atoms with Gasteiger partial charge in [-0.3, -0.25) is 0 Å². The summed E-state index contributed by atoms with van der Waals surface area (Å²) in [4.78, 5) is 5.09. The van der Waals surface area contributed by atoms with Crippen molar-refractivity contribution in [3.63, 3.8) is 0 Å². The van der Waals surface area contributed by atoms with Crippen LogP contribution >= 0.6 is 23.4 Å². The number of aromatic nitrogens is 1. The van der Waals surface area contributed by atoms with Crippen LogP contribution in [0, 0.1) is 0 Å². The van der Waals surface area contributed by atoms with Crippen molar-refractivity contribution in [1.82, 2.24) is 4.98 Å². The second kappa shape index (κ2) is 6.80. The second-order valence-corrected chi connectivity index (χ2v) is 5.70. The minimum Gasteiger partial charge on any atom is -0.392 e. The Labute approximate surface area is 121 Å². The van der Waals surface area contributed by atoms with Gasteiger partial charge in [-0.1, -0.05) is 17.7 Å². The highest BCUT2D eigenvalue weighted by molar-refractivity contribution is 7.99. The first-order valence-corrected chi connectivity index (χ1v) is 7.27. The average molecular weight is 295 g/mol. The molecule has 3 N–H and O–H groups in total. The van der Waals surface area contributed by atoms with Gasteiger partial charge in [-0.15, -0.1) is 11.8 Å². The highest BCUT2D eigenvalue weighted by Crippen LogP contribution is 2.22. The third-order valence-corrected chi connectivity index (χ3v) is 4.05. The van der Waals surface area contributed by atoms with Gasteiger partial charge in [-0.05, 0) is 35.9 Å². The number of anilines is 1. The number of benzene rings is 1. The molecule has 0 saturated heterocycles. The highest BCUT2D eigenvalue weighted by atomic mass is 35.5. The predicted octanol–water partition coefficient (Wildman–Crippen LogP) is 3.01. The average Bonchev–Trinajstić information content (AvgIpc) is 2.41. The first-order chi connectivity index (χ1) is 9.15. The molecular weight excluding hydrogens is 280 g/mol. The molecule has 2 rings (SSSR count). The molecular formula is C14H15ClN2OS. The maximum Gasteiger partial charge on any atom is 0.126 e. The van der Waals surface area contributed by atoms with Gasteiger partial charge < -0.3 is 10.8 Å². The number of aliphatic hydroxyl groups excluding tert-OH is 1. The van der Waals surface area contributed by atoms with Crippen LogP contribution in [0.4, 0.5) is 5.82 Å². The predicted molar refractivity (Wildman–Crippen MR) is 80.5 cm³/mol. The van der Waals surface area contributed by atoms with Crippen molar-refractivity contribution in [2.45, 2.75) is 17.4 Å². The summed E-state index contributed by atoms with van der Waals surface area (Å²) in [6, 6.07) is 11.3. The number of nitrogens with zero attached hydrogens (tertiary/aromatic N) is 1. The molecule has 1 heterocycles. The number of pyridine rings is 1. The fourth-order valence-corrected chi connectivity index (χ4v) is 2.62. The lowest BCUT2D eigenvalue weighted by Gasteiger charge is -2.11. The smallest absolute Gasteiger partial charge is 0.126 e. The zero-order valence-electron chi connectivity index (χ0n) is 10.3. The summed E-state index contributed by atoms with van der Waals surface area (Å²) in [5.41, 5.74) is 6.63. The molecule has 0 radical (unpaired) electrons. The Hall–Kier alpha value is -1.23. The Bertz CT molecular complexity index is 533. The number of hydrogen-bond acceptors (Lipinski definition) is 4. The van der Waals surface area contributed by atoms with Crippen LogP contribution in [0.5, 0.6) is 0 Å². The number of nitrogen functional groups attached to an aromatic ring is 1. The summed E-state index contributed by atoms with van der Waals surface area (Å²) in [6.07, 6.45) is 1.71. The van der Waals surface area contributed by atoms with Crippen LogP contribution in [-0.4, -0.2) is 21.9 Å². The van der Waals surface area contributed by atoms with Crippen molar-refractivity contribution in [1.29, 1.82) is 0 Å². The van der Waals surface area contributed by atoms with Gasteiger partial charge in [0.1, 0.15) is 5.82 Å². The van der Waals surface area contributed by atoms with E-state index in [1.165, 1.54) is 0 Å². The van der Waals surface area contributed by atoms with Crippen molar-refractivity contribution in [3.8, 4) is 0 Å². The van der Waals surface area contributed by atoms with Crippen molar-refractivity contribution in [2.75, 3.05) is 11.5 Å². The van der Waals surface area contributed by atoms with Gasteiger partial charge in [0.05, 0.1) is 6.10 Å². The summed E-state index contributed by atoms with van der Waals surface area (Å²) in [5.74, 6) is 1.09. The molecule has 1 atom stereocenters. The van der Waals surface area contributed by atoms with Gasteiger partial charge in [0.2, 0.25) is 0 Å². The number of halogens is 1. The molecule has 1 aromatic heterocycles. The van der Waals surface area contributed by atoms with Crippen molar-refractivity contribution >= 4 is 29.2 Å².